The fourth-order valence-corrected chi connectivity index (χ4v) is 2.29. The van der Waals surface area contributed by atoms with Gasteiger partial charge in [0, 0.05) is 44.5 Å². The highest BCUT2D eigenvalue weighted by Crippen LogP contribution is 2.17. The fourth-order valence-electron chi connectivity index (χ4n) is 2.29. The maximum atomic E-state index is 13.1. The molecule has 20 heavy (non-hydrogen) atoms. The van der Waals surface area contributed by atoms with Gasteiger partial charge in [-0.1, -0.05) is 0 Å². The third-order valence-corrected chi connectivity index (χ3v) is 3.36. The van der Waals surface area contributed by atoms with Gasteiger partial charge in [-0.3, -0.25) is 4.79 Å². The molecular weight excluding hydrogens is 261 g/mol. The van der Waals surface area contributed by atoms with E-state index in [0.29, 0.717) is 5.82 Å². The van der Waals surface area contributed by atoms with Crippen LogP contribution in [0.4, 0.5) is 15.9 Å². The molecule has 0 amide bonds. The van der Waals surface area contributed by atoms with Crippen molar-refractivity contribution in [3.8, 4) is 0 Å². The Morgan fingerprint density at radius 1 is 1.10 bits per heavy atom. The van der Waals surface area contributed by atoms with Crippen LogP contribution in [0.5, 0.6) is 0 Å². The van der Waals surface area contributed by atoms with Crippen LogP contribution in [0.15, 0.2) is 35.5 Å². The monoisotopic (exact) mass is 275 g/mol. The second-order valence-corrected chi connectivity index (χ2v) is 4.58. The summed E-state index contributed by atoms with van der Waals surface area (Å²) in [6, 6.07) is 4.66. The minimum Gasteiger partial charge on any atom is -0.367 e. The Kier molecular flexibility index (Phi) is 3.32. The fraction of sp³-hybridized carbons (Fsp3) is 0.308. The van der Waals surface area contributed by atoms with E-state index in [1.807, 2.05) is 4.90 Å². The van der Waals surface area contributed by atoms with Crippen LogP contribution >= 0.6 is 0 Å². The van der Waals surface area contributed by atoms with Gasteiger partial charge in [0.2, 0.25) is 11.5 Å². The van der Waals surface area contributed by atoms with Crippen molar-refractivity contribution in [3.05, 3.63) is 47.0 Å². The zero-order valence-corrected chi connectivity index (χ0v) is 10.8. The Labute approximate surface area is 114 Å². The first kappa shape index (κ1) is 12.6. The number of aromatic amines is 1. The molecule has 1 aliphatic rings. The standard InChI is InChI=1S/C13H14FN5O/c14-11-7-12(17-9-16-11)19-5-3-18(4-6-19)10-1-2-13(20)15-8-10/h1-2,7-9H,3-6H2,(H,15,20). The third-order valence-electron chi connectivity index (χ3n) is 3.36. The van der Waals surface area contributed by atoms with Crippen LogP contribution in [0.25, 0.3) is 0 Å². The molecule has 3 rings (SSSR count). The molecule has 0 aliphatic carbocycles. The Morgan fingerprint density at radius 3 is 2.50 bits per heavy atom. The maximum absolute atomic E-state index is 13.1. The van der Waals surface area contributed by atoms with Crippen LogP contribution in [0, 0.1) is 5.95 Å². The number of anilines is 2. The largest absolute Gasteiger partial charge is 0.367 e. The minimum atomic E-state index is -0.516. The number of rotatable bonds is 2. The second-order valence-electron chi connectivity index (χ2n) is 4.58. The molecule has 104 valence electrons. The molecule has 0 atom stereocenters. The van der Waals surface area contributed by atoms with Crippen molar-refractivity contribution in [1.29, 1.82) is 0 Å². The van der Waals surface area contributed by atoms with Crippen LogP contribution in [0.2, 0.25) is 0 Å². The van der Waals surface area contributed by atoms with E-state index in [2.05, 4.69) is 19.9 Å². The number of pyridine rings is 1. The predicted molar refractivity (Wildman–Crippen MR) is 73.5 cm³/mol. The maximum Gasteiger partial charge on any atom is 0.248 e. The van der Waals surface area contributed by atoms with Crippen LogP contribution in [0.3, 0.4) is 0 Å². The number of nitrogens with one attached hydrogen (secondary N) is 1. The van der Waals surface area contributed by atoms with Crippen molar-refractivity contribution in [2.24, 2.45) is 0 Å². The number of piperazine rings is 1. The SMILES string of the molecule is O=c1ccc(N2CCN(c3cc(F)ncn3)CC2)c[nH]1. The lowest BCUT2D eigenvalue weighted by molar-refractivity contribution is 0.574. The highest BCUT2D eigenvalue weighted by Gasteiger charge is 2.18. The second kappa shape index (κ2) is 5.28. The van der Waals surface area contributed by atoms with Gasteiger partial charge < -0.3 is 14.8 Å². The van der Waals surface area contributed by atoms with Gasteiger partial charge in [-0.15, -0.1) is 0 Å². The van der Waals surface area contributed by atoms with Gasteiger partial charge in [0.25, 0.3) is 0 Å². The number of aromatic nitrogens is 3. The van der Waals surface area contributed by atoms with Gasteiger partial charge in [0.15, 0.2) is 0 Å². The van der Waals surface area contributed by atoms with E-state index < -0.39 is 5.95 Å². The van der Waals surface area contributed by atoms with Crippen molar-refractivity contribution in [2.45, 2.75) is 0 Å². The molecule has 3 heterocycles. The first-order chi connectivity index (χ1) is 9.72. The number of halogens is 1. The molecular formula is C13H14FN5O. The van der Waals surface area contributed by atoms with Crippen LogP contribution < -0.4 is 15.4 Å². The Balaban J connectivity index is 1.67. The van der Waals surface area contributed by atoms with Gasteiger partial charge >= 0.3 is 0 Å². The van der Waals surface area contributed by atoms with E-state index in [0.717, 1.165) is 31.9 Å². The molecule has 1 fully saturated rings. The van der Waals surface area contributed by atoms with Crippen LogP contribution in [-0.4, -0.2) is 41.1 Å². The van der Waals surface area contributed by atoms with E-state index in [-0.39, 0.29) is 5.56 Å². The highest BCUT2D eigenvalue weighted by atomic mass is 19.1. The van der Waals surface area contributed by atoms with Crippen molar-refractivity contribution < 1.29 is 4.39 Å². The van der Waals surface area contributed by atoms with Crippen molar-refractivity contribution in [3.63, 3.8) is 0 Å². The van der Waals surface area contributed by atoms with Gasteiger partial charge in [-0.05, 0) is 6.07 Å². The first-order valence-corrected chi connectivity index (χ1v) is 6.38. The molecule has 0 aromatic carbocycles. The molecule has 6 nitrogen and oxygen atoms in total. The summed E-state index contributed by atoms with van der Waals surface area (Å²) in [7, 11) is 0. The zero-order valence-electron chi connectivity index (χ0n) is 10.8. The summed E-state index contributed by atoms with van der Waals surface area (Å²) < 4.78 is 13.1. The summed E-state index contributed by atoms with van der Waals surface area (Å²) in [5.74, 6) is 0.0942. The van der Waals surface area contributed by atoms with Crippen molar-refractivity contribution in [1.82, 2.24) is 15.0 Å². The van der Waals surface area contributed by atoms with Gasteiger partial charge in [0.1, 0.15) is 12.1 Å². The van der Waals surface area contributed by atoms with E-state index in [9.17, 15) is 9.18 Å². The Bertz CT molecular complexity index is 631. The molecule has 2 aromatic rings. The molecule has 1 aliphatic heterocycles. The summed E-state index contributed by atoms with van der Waals surface area (Å²) >= 11 is 0. The summed E-state index contributed by atoms with van der Waals surface area (Å²) in [6.45, 7) is 3.07. The van der Waals surface area contributed by atoms with E-state index >= 15 is 0 Å². The molecule has 1 N–H and O–H groups in total. The lowest BCUT2D eigenvalue weighted by atomic mass is 10.2. The van der Waals surface area contributed by atoms with Crippen LogP contribution in [0.1, 0.15) is 0 Å². The average Bonchev–Trinajstić information content (AvgIpc) is 2.48. The molecule has 0 spiro atoms. The number of hydrogen-bond donors (Lipinski definition) is 1. The molecule has 0 saturated carbocycles. The zero-order chi connectivity index (χ0) is 13.9. The van der Waals surface area contributed by atoms with Gasteiger partial charge in [-0.25, -0.2) is 9.97 Å². The molecule has 2 aromatic heterocycles. The van der Waals surface area contributed by atoms with Crippen molar-refractivity contribution in [2.75, 3.05) is 36.0 Å². The summed E-state index contributed by atoms with van der Waals surface area (Å²) in [4.78, 5) is 25.4. The van der Waals surface area contributed by atoms with E-state index in [4.69, 9.17) is 0 Å². The molecule has 0 radical (unpaired) electrons. The Hall–Kier alpha value is -2.44. The number of H-pyrrole nitrogens is 1. The van der Waals surface area contributed by atoms with Gasteiger partial charge in [0.05, 0.1) is 5.69 Å². The summed E-state index contributed by atoms with van der Waals surface area (Å²) in [5, 5.41) is 0. The minimum absolute atomic E-state index is 0.108. The summed E-state index contributed by atoms with van der Waals surface area (Å²) in [6.07, 6.45) is 2.95. The lowest BCUT2D eigenvalue weighted by Gasteiger charge is -2.36. The predicted octanol–water partition coefficient (Wildman–Crippen LogP) is 0.631. The van der Waals surface area contributed by atoms with Crippen LogP contribution in [-0.2, 0) is 0 Å². The average molecular weight is 275 g/mol. The molecule has 7 heteroatoms. The van der Waals surface area contributed by atoms with E-state index in [1.54, 1.807) is 12.3 Å². The topological polar surface area (TPSA) is 65.1 Å². The smallest absolute Gasteiger partial charge is 0.248 e. The quantitative estimate of drug-likeness (QED) is 0.814. The molecule has 0 unspecified atom stereocenters. The normalized spacial score (nSPS) is 15.4. The van der Waals surface area contributed by atoms with E-state index in [1.165, 1.54) is 18.5 Å². The van der Waals surface area contributed by atoms with Crippen molar-refractivity contribution >= 4 is 11.5 Å². The lowest BCUT2D eigenvalue weighted by Crippen LogP contribution is -2.47. The first-order valence-electron chi connectivity index (χ1n) is 6.38. The third kappa shape index (κ3) is 2.61. The number of nitrogens with zero attached hydrogens (tertiary/aromatic N) is 4. The Morgan fingerprint density at radius 2 is 1.85 bits per heavy atom. The number of hydrogen-bond acceptors (Lipinski definition) is 5. The highest BCUT2D eigenvalue weighted by molar-refractivity contribution is 5.47. The molecule has 1 saturated heterocycles. The van der Waals surface area contributed by atoms with Gasteiger partial charge in [-0.2, -0.15) is 4.39 Å². The summed E-state index contributed by atoms with van der Waals surface area (Å²) in [5.41, 5.74) is 0.877. The molecule has 0 bridgehead atoms.